The summed E-state index contributed by atoms with van der Waals surface area (Å²) in [7, 11) is 0. The van der Waals surface area contributed by atoms with Gasteiger partial charge in [0.25, 0.3) is 5.69 Å². The van der Waals surface area contributed by atoms with E-state index >= 15 is 0 Å². The number of hydrogen-bond acceptors (Lipinski definition) is 7. The molecule has 1 aromatic heterocycles. The summed E-state index contributed by atoms with van der Waals surface area (Å²) >= 11 is 0. The van der Waals surface area contributed by atoms with Gasteiger partial charge in [0.1, 0.15) is 5.52 Å². The standard InChI is InChI=1S/C19H16N2O6/c1-12-6-7-13(10-15(12)21(24)25)16(22)11-26-19(23)9-8-18-20-14-4-2-3-5-17(14)27-18/h2-7,10H,8-9,11H2,1H3. The van der Waals surface area contributed by atoms with Crippen LogP contribution in [0.1, 0.15) is 28.2 Å². The van der Waals surface area contributed by atoms with E-state index in [0.717, 1.165) is 0 Å². The van der Waals surface area contributed by atoms with Gasteiger partial charge in [-0.1, -0.05) is 24.3 Å². The molecule has 0 spiro atoms. The SMILES string of the molecule is Cc1ccc(C(=O)COC(=O)CCc2nc3ccccc3o2)cc1[N+](=O)[O-]. The van der Waals surface area contributed by atoms with E-state index in [1.54, 1.807) is 19.1 Å². The Morgan fingerprint density at radius 3 is 2.74 bits per heavy atom. The quantitative estimate of drug-likeness (QED) is 0.272. The topological polar surface area (TPSA) is 113 Å². The number of oxazole rings is 1. The summed E-state index contributed by atoms with van der Waals surface area (Å²) in [6.07, 6.45) is 0.256. The first-order valence-corrected chi connectivity index (χ1v) is 8.22. The molecule has 0 N–H and O–H groups in total. The van der Waals surface area contributed by atoms with Crippen LogP contribution in [0.4, 0.5) is 5.69 Å². The number of ketones is 1. The summed E-state index contributed by atoms with van der Waals surface area (Å²) in [4.78, 5) is 38.6. The molecule has 0 saturated carbocycles. The lowest BCUT2D eigenvalue weighted by molar-refractivity contribution is -0.385. The third-order valence-electron chi connectivity index (χ3n) is 3.97. The number of aryl methyl sites for hydroxylation is 2. The monoisotopic (exact) mass is 368 g/mol. The van der Waals surface area contributed by atoms with Gasteiger partial charge < -0.3 is 9.15 Å². The van der Waals surface area contributed by atoms with E-state index in [9.17, 15) is 19.7 Å². The molecular formula is C19H16N2O6. The van der Waals surface area contributed by atoms with Gasteiger partial charge >= 0.3 is 5.97 Å². The molecule has 0 amide bonds. The predicted octanol–water partition coefficient (Wildman–Crippen LogP) is 3.40. The summed E-state index contributed by atoms with van der Waals surface area (Å²) in [5.41, 5.74) is 1.77. The molecule has 0 aliphatic carbocycles. The molecule has 0 aliphatic heterocycles. The van der Waals surface area contributed by atoms with Crippen LogP contribution < -0.4 is 0 Å². The maximum absolute atomic E-state index is 12.1. The number of carbonyl (C=O) groups is 2. The van der Waals surface area contributed by atoms with Crippen molar-refractivity contribution in [2.24, 2.45) is 0 Å². The van der Waals surface area contributed by atoms with Crippen LogP contribution >= 0.6 is 0 Å². The molecule has 27 heavy (non-hydrogen) atoms. The highest BCUT2D eigenvalue weighted by atomic mass is 16.6. The van der Waals surface area contributed by atoms with Crippen LogP contribution in [0.15, 0.2) is 46.9 Å². The molecule has 0 atom stereocenters. The highest BCUT2D eigenvalue weighted by Crippen LogP contribution is 2.20. The third kappa shape index (κ3) is 4.35. The first-order chi connectivity index (χ1) is 12.9. The smallest absolute Gasteiger partial charge is 0.306 e. The average molecular weight is 368 g/mol. The summed E-state index contributed by atoms with van der Waals surface area (Å²) < 4.78 is 10.5. The highest BCUT2D eigenvalue weighted by molar-refractivity contribution is 5.98. The van der Waals surface area contributed by atoms with Gasteiger partial charge in [-0.05, 0) is 19.1 Å². The lowest BCUT2D eigenvalue weighted by atomic mass is 10.1. The second-order valence-electron chi connectivity index (χ2n) is 5.92. The second-order valence-corrected chi connectivity index (χ2v) is 5.92. The minimum Gasteiger partial charge on any atom is -0.457 e. The molecule has 3 aromatic rings. The zero-order valence-electron chi connectivity index (χ0n) is 14.5. The fourth-order valence-electron chi connectivity index (χ4n) is 2.52. The van der Waals surface area contributed by atoms with Crippen LogP contribution in [-0.4, -0.2) is 28.3 Å². The maximum Gasteiger partial charge on any atom is 0.306 e. The molecule has 1 heterocycles. The van der Waals surface area contributed by atoms with Crippen molar-refractivity contribution in [1.29, 1.82) is 0 Å². The van der Waals surface area contributed by atoms with E-state index in [-0.39, 0.29) is 24.1 Å². The Bertz CT molecular complexity index is 991. The van der Waals surface area contributed by atoms with Crippen molar-refractivity contribution in [3.8, 4) is 0 Å². The molecular weight excluding hydrogens is 352 g/mol. The zero-order valence-corrected chi connectivity index (χ0v) is 14.5. The van der Waals surface area contributed by atoms with Gasteiger partial charge in [-0.2, -0.15) is 0 Å². The number of aromatic nitrogens is 1. The van der Waals surface area contributed by atoms with Crippen molar-refractivity contribution in [2.75, 3.05) is 6.61 Å². The van der Waals surface area contributed by atoms with Gasteiger partial charge in [-0.25, -0.2) is 4.98 Å². The van der Waals surface area contributed by atoms with Crippen LogP contribution in [0.3, 0.4) is 0 Å². The lowest BCUT2D eigenvalue weighted by Gasteiger charge is -2.05. The lowest BCUT2D eigenvalue weighted by Crippen LogP contribution is -2.15. The number of nitro groups is 1. The van der Waals surface area contributed by atoms with Gasteiger partial charge in [-0.3, -0.25) is 19.7 Å². The molecule has 0 unspecified atom stereocenters. The molecule has 2 aromatic carbocycles. The van der Waals surface area contributed by atoms with Crippen molar-refractivity contribution in [3.63, 3.8) is 0 Å². The van der Waals surface area contributed by atoms with Crippen molar-refractivity contribution in [1.82, 2.24) is 4.98 Å². The molecule has 3 rings (SSSR count). The first-order valence-electron chi connectivity index (χ1n) is 8.22. The second kappa shape index (κ2) is 7.77. The summed E-state index contributed by atoms with van der Waals surface area (Å²) in [5.74, 6) is -0.672. The van der Waals surface area contributed by atoms with Gasteiger partial charge in [0, 0.05) is 23.6 Å². The number of carbonyl (C=O) groups excluding carboxylic acids is 2. The summed E-state index contributed by atoms with van der Waals surface area (Å²) in [6, 6.07) is 11.4. The first kappa shape index (κ1) is 18.2. The summed E-state index contributed by atoms with van der Waals surface area (Å²) in [5, 5.41) is 10.9. The molecule has 8 heteroatoms. The number of nitro benzene ring substituents is 1. The summed E-state index contributed by atoms with van der Waals surface area (Å²) in [6.45, 7) is 1.10. The number of Topliss-reactive ketones (excluding diaryl/α,β-unsaturated/α-hetero) is 1. The highest BCUT2D eigenvalue weighted by Gasteiger charge is 2.17. The zero-order chi connectivity index (χ0) is 19.4. The van der Waals surface area contributed by atoms with Crippen molar-refractivity contribution in [2.45, 2.75) is 19.8 Å². The van der Waals surface area contributed by atoms with Gasteiger partial charge in [-0.15, -0.1) is 0 Å². The fourth-order valence-corrected chi connectivity index (χ4v) is 2.52. The number of benzene rings is 2. The van der Waals surface area contributed by atoms with E-state index in [1.165, 1.54) is 18.2 Å². The van der Waals surface area contributed by atoms with E-state index in [0.29, 0.717) is 22.6 Å². The number of ether oxygens (including phenoxy) is 1. The maximum atomic E-state index is 12.1. The Morgan fingerprint density at radius 1 is 1.22 bits per heavy atom. The Balaban J connectivity index is 1.53. The van der Waals surface area contributed by atoms with Crippen LogP contribution in [0.25, 0.3) is 11.1 Å². The largest absolute Gasteiger partial charge is 0.457 e. The minimum atomic E-state index is -0.577. The number of fused-ring (bicyclic) bond motifs is 1. The van der Waals surface area contributed by atoms with E-state index in [2.05, 4.69) is 4.98 Å². The van der Waals surface area contributed by atoms with Gasteiger partial charge in [0.05, 0.1) is 11.3 Å². The molecule has 0 saturated heterocycles. The Labute approximate surface area is 153 Å². The molecule has 0 radical (unpaired) electrons. The predicted molar refractivity (Wildman–Crippen MR) is 95.5 cm³/mol. The Kier molecular flexibility index (Phi) is 5.25. The number of rotatable bonds is 7. The molecule has 0 aliphatic rings. The van der Waals surface area contributed by atoms with Crippen LogP contribution in [0.5, 0.6) is 0 Å². The number of hydrogen-bond donors (Lipinski definition) is 0. The molecule has 0 bridgehead atoms. The van der Waals surface area contributed by atoms with Crippen molar-refractivity contribution in [3.05, 3.63) is 69.6 Å². The molecule has 0 fully saturated rings. The molecule has 138 valence electrons. The Hall–Kier alpha value is -3.55. The van der Waals surface area contributed by atoms with Crippen molar-refractivity contribution >= 4 is 28.5 Å². The number of nitrogens with zero attached hydrogens (tertiary/aromatic N) is 2. The van der Waals surface area contributed by atoms with Crippen LogP contribution in [0, 0.1) is 17.0 Å². The van der Waals surface area contributed by atoms with Gasteiger partial charge in [0.2, 0.25) is 5.78 Å². The van der Waals surface area contributed by atoms with Crippen LogP contribution in [0.2, 0.25) is 0 Å². The van der Waals surface area contributed by atoms with Crippen LogP contribution in [-0.2, 0) is 16.0 Å². The van der Waals surface area contributed by atoms with Gasteiger partial charge in [0.15, 0.2) is 18.1 Å². The normalized spacial score (nSPS) is 10.7. The van der Waals surface area contributed by atoms with E-state index in [4.69, 9.17) is 9.15 Å². The number of para-hydroxylation sites is 2. The van der Waals surface area contributed by atoms with Crippen molar-refractivity contribution < 1.29 is 23.7 Å². The molecule has 8 nitrogen and oxygen atoms in total. The Morgan fingerprint density at radius 2 is 2.00 bits per heavy atom. The van der Waals surface area contributed by atoms with E-state index < -0.39 is 23.3 Å². The van der Waals surface area contributed by atoms with E-state index in [1.807, 2.05) is 12.1 Å². The third-order valence-corrected chi connectivity index (χ3v) is 3.97. The fraction of sp³-hybridized carbons (Fsp3) is 0.211. The number of esters is 1. The average Bonchev–Trinajstić information content (AvgIpc) is 3.07. The minimum absolute atomic E-state index is 0.00808.